The largest absolute Gasteiger partial charge is 0.392 e. The third kappa shape index (κ3) is 2.17. The third-order valence-electron chi connectivity index (χ3n) is 1.95. The Labute approximate surface area is 67.2 Å². The van der Waals surface area contributed by atoms with Crippen LogP contribution in [0.25, 0.3) is 0 Å². The molecule has 1 N–H and O–H groups in total. The first kappa shape index (κ1) is 8.41. The van der Waals surface area contributed by atoms with E-state index < -0.39 is 0 Å². The molecule has 1 aliphatic carbocycles. The lowest BCUT2D eigenvalue weighted by Crippen LogP contribution is -2.15. The predicted octanol–water partition coefficient (Wildman–Crippen LogP) is 2.04. The van der Waals surface area contributed by atoms with E-state index in [2.05, 4.69) is 6.92 Å². The molecule has 0 aromatic carbocycles. The van der Waals surface area contributed by atoms with Gasteiger partial charge in [0.2, 0.25) is 0 Å². The van der Waals surface area contributed by atoms with Gasteiger partial charge >= 0.3 is 0 Å². The zero-order valence-corrected chi connectivity index (χ0v) is 7.36. The molecule has 1 nitrogen and oxygen atoms in total. The monoisotopic (exact) mass is 160 g/mol. The van der Waals surface area contributed by atoms with E-state index in [0.29, 0.717) is 5.25 Å². The third-order valence-corrected chi connectivity index (χ3v) is 3.58. The number of thioether (sulfide) groups is 1. The minimum atomic E-state index is -0.00319. The van der Waals surface area contributed by atoms with Crippen molar-refractivity contribution < 1.29 is 5.11 Å². The van der Waals surface area contributed by atoms with Crippen LogP contribution in [0.2, 0.25) is 0 Å². The second-order valence-electron chi connectivity index (χ2n) is 2.91. The SMILES string of the molecule is CCCS[C@@H]1CCC[C@H]1O. The average Bonchev–Trinajstić information content (AvgIpc) is 2.31. The highest BCUT2D eigenvalue weighted by molar-refractivity contribution is 7.99. The number of aliphatic hydroxyl groups excluding tert-OH is 1. The van der Waals surface area contributed by atoms with E-state index in [1.807, 2.05) is 11.8 Å². The van der Waals surface area contributed by atoms with Gasteiger partial charge < -0.3 is 5.11 Å². The van der Waals surface area contributed by atoms with Crippen LogP contribution in [0, 0.1) is 0 Å². The fourth-order valence-corrected chi connectivity index (χ4v) is 2.60. The maximum Gasteiger partial charge on any atom is 0.0658 e. The van der Waals surface area contributed by atoms with Gasteiger partial charge in [0.15, 0.2) is 0 Å². The van der Waals surface area contributed by atoms with Crippen molar-refractivity contribution in [2.24, 2.45) is 0 Å². The van der Waals surface area contributed by atoms with Crippen LogP contribution in [0.4, 0.5) is 0 Å². The number of aliphatic hydroxyl groups is 1. The van der Waals surface area contributed by atoms with Gasteiger partial charge in [0.1, 0.15) is 0 Å². The van der Waals surface area contributed by atoms with Crippen molar-refractivity contribution in [1.82, 2.24) is 0 Å². The fraction of sp³-hybridized carbons (Fsp3) is 1.00. The Morgan fingerprint density at radius 3 is 2.80 bits per heavy atom. The summed E-state index contributed by atoms with van der Waals surface area (Å²) in [5.74, 6) is 1.21. The van der Waals surface area contributed by atoms with Gasteiger partial charge in [-0.05, 0) is 31.4 Å². The summed E-state index contributed by atoms with van der Waals surface area (Å²) >= 11 is 1.94. The molecule has 0 spiro atoms. The van der Waals surface area contributed by atoms with Crippen LogP contribution in [-0.4, -0.2) is 22.2 Å². The first-order chi connectivity index (χ1) is 4.84. The standard InChI is InChI=1S/C8H16OS/c1-2-6-10-8-5-3-4-7(8)9/h7-9H,2-6H2,1H3/t7-,8-/m1/s1. The summed E-state index contributed by atoms with van der Waals surface area (Å²) in [7, 11) is 0. The van der Waals surface area contributed by atoms with Gasteiger partial charge in [-0.3, -0.25) is 0 Å². The van der Waals surface area contributed by atoms with Gasteiger partial charge in [0.25, 0.3) is 0 Å². The molecule has 0 aromatic rings. The molecule has 1 rings (SSSR count). The van der Waals surface area contributed by atoms with Crippen molar-refractivity contribution in [1.29, 1.82) is 0 Å². The summed E-state index contributed by atoms with van der Waals surface area (Å²) in [4.78, 5) is 0. The first-order valence-corrected chi connectivity index (χ1v) is 5.19. The first-order valence-electron chi connectivity index (χ1n) is 4.14. The topological polar surface area (TPSA) is 20.2 Å². The Morgan fingerprint density at radius 2 is 2.30 bits per heavy atom. The lowest BCUT2D eigenvalue weighted by Gasteiger charge is -2.12. The minimum Gasteiger partial charge on any atom is -0.392 e. The van der Waals surface area contributed by atoms with E-state index in [9.17, 15) is 5.11 Å². The maximum atomic E-state index is 9.39. The molecular formula is C8H16OS. The van der Waals surface area contributed by atoms with Gasteiger partial charge in [-0.2, -0.15) is 11.8 Å². The van der Waals surface area contributed by atoms with Crippen LogP contribution in [0.3, 0.4) is 0 Å². The number of hydrogen-bond acceptors (Lipinski definition) is 2. The Morgan fingerprint density at radius 1 is 1.50 bits per heavy atom. The zero-order chi connectivity index (χ0) is 7.40. The summed E-state index contributed by atoms with van der Waals surface area (Å²) in [6.45, 7) is 2.19. The highest BCUT2D eigenvalue weighted by Crippen LogP contribution is 2.29. The van der Waals surface area contributed by atoms with Crippen molar-refractivity contribution in [2.45, 2.75) is 44.0 Å². The van der Waals surface area contributed by atoms with E-state index in [0.717, 1.165) is 6.42 Å². The second kappa shape index (κ2) is 4.24. The van der Waals surface area contributed by atoms with E-state index in [-0.39, 0.29) is 6.10 Å². The Bertz CT molecular complexity index is 95.3. The van der Waals surface area contributed by atoms with E-state index in [4.69, 9.17) is 0 Å². The predicted molar refractivity (Wildman–Crippen MR) is 46.4 cm³/mol. The molecule has 2 atom stereocenters. The smallest absolute Gasteiger partial charge is 0.0658 e. The molecule has 2 heteroatoms. The highest BCUT2D eigenvalue weighted by atomic mass is 32.2. The molecule has 1 aliphatic rings. The highest BCUT2D eigenvalue weighted by Gasteiger charge is 2.24. The van der Waals surface area contributed by atoms with Crippen molar-refractivity contribution in [3.05, 3.63) is 0 Å². The average molecular weight is 160 g/mol. The van der Waals surface area contributed by atoms with E-state index >= 15 is 0 Å². The lowest BCUT2D eigenvalue weighted by atomic mass is 10.3. The number of rotatable bonds is 3. The molecule has 0 aromatic heterocycles. The van der Waals surface area contributed by atoms with Gasteiger partial charge in [-0.15, -0.1) is 0 Å². The van der Waals surface area contributed by atoms with Gasteiger partial charge in [-0.25, -0.2) is 0 Å². The van der Waals surface area contributed by atoms with Crippen LogP contribution >= 0.6 is 11.8 Å². The van der Waals surface area contributed by atoms with Crippen LogP contribution < -0.4 is 0 Å². The van der Waals surface area contributed by atoms with Crippen LogP contribution in [0.5, 0.6) is 0 Å². The Balaban J connectivity index is 2.14. The molecule has 0 bridgehead atoms. The van der Waals surface area contributed by atoms with Crippen molar-refractivity contribution in [3.63, 3.8) is 0 Å². The van der Waals surface area contributed by atoms with Crippen LogP contribution in [0.1, 0.15) is 32.6 Å². The molecular weight excluding hydrogens is 144 g/mol. The molecule has 1 fully saturated rings. The van der Waals surface area contributed by atoms with Crippen LogP contribution in [-0.2, 0) is 0 Å². The summed E-state index contributed by atoms with van der Waals surface area (Å²) in [6, 6.07) is 0. The lowest BCUT2D eigenvalue weighted by molar-refractivity contribution is 0.188. The van der Waals surface area contributed by atoms with E-state index in [1.54, 1.807) is 0 Å². The summed E-state index contributed by atoms with van der Waals surface area (Å²) in [6.07, 6.45) is 4.71. The van der Waals surface area contributed by atoms with Gasteiger partial charge in [0.05, 0.1) is 6.10 Å². The molecule has 0 amide bonds. The Kier molecular flexibility index (Phi) is 3.57. The second-order valence-corrected chi connectivity index (χ2v) is 4.25. The van der Waals surface area contributed by atoms with Gasteiger partial charge in [-0.1, -0.05) is 6.92 Å². The molecule has 0 radical (unpaired) electrons. The summed E-state index contributed by atoms with van der Waals surface area (Å²) < 4.78 is 0. The molecule has 10 heavy (non-hydrogen) atoms. The normalized spacial score (nSPS) is 33.0. The van der Waals surface area contributed by atoms with Crippen molar-refractivity contribution >= 4 is 11.8 Å². The minimum absolute atomic E-state index is 0.00319. The maximum absolute atomic E-state index is 9.39. The van der Waals surface area contributed by atoms with Crippen molar-refractivity contribution in [2.75, 3.05) is 5.75 Å². The Hall–Kier alpha value is 0.310. The summed E-state index contributed by atoms with van der Waals surface area (Å²) in [5, 5.41) is 9.95. The van der Waals surface area contributed by atoms with E-state index in [1.165, 1.54) is 25.0 Å². The molecule has 0 unspecified atom stereocenters. The molecule has 60 valence electrons. The summed E-state index contributed by atoms with van der Waals surface area (Å²) in [5.41, 5.74) is 0. The van der Waals surface area contributed by atoms with Gasteiger partial charge in [0, 0.05) is 5.25 Å². The molecule has 1 saturated carbocycles. The molecule has 0 saturated heterocycles. The fourth-order valence-electron chi connectivity index (χ4n) is 1.37. The molecule has 0 aliphatic heterocycles. The number of hydrogen-bond donors (Lipinski definition) is 1. The quantitative estimate of drug-likeness (QED) is 0.682. The zero-order valence-electron chi connectivity index (χ0n) is 6.55. The van der Waals surface area contributed by atoms with Crippen LogP contribution in [0.15, 0.2) is 0 Å². The van der Waals surface area contributed by atoms with Crippen molar-refractivity contribution in [3.8, 4) is 0 Å². The molecule has 0 heterocycles.